The highest BCUT2D eigenvalue weighted by atomic mass is 79.9. The van der Waals surface area contributed by atoms with E-state index in [0.29, 0.717) is 37.7 Å². The van der Waals surface area contributed by atoms with Gasteiger partial charge in [0, 0.05) is 22.6 Å². The Balaban J connectivity index is 2.02. The molecular weight excluding hydrogens is 305 g/mol. The van der Waals surface area contributed by atoms with E-state index in [0.717, 1.165) is 10.0 Å². The molecule has 0 atom stereocenters. The van der Waals surface area contributed by atoms with Gasteiger partial charge in [-0.25, -0.2) is 0 Å². The molecule has 0 spiro atoms. The molecule has 17 heavy (non-hydrogen) atoms. The van der Waals surface area contributed by atoms with Gasteiger partial charge in [0.2, 0.25) is 5.91 Å². The Hall–Kier alpha value is -0.580. The van der Waals surface area contributed by atoms with Crippen LogP contribution >= 0.6 is 27.5 Å². The fourth-order valence-corrected chi connectivity index (χ4v) is 2.58. The number of amides is 1. The number of ether oxygens (including phenoxy) is 1. The second kappa shape index (κ2) is 5.85. The van der Waals surface area contributed by atoms with Gasteiger partial charge >= 0.3 is 0 Å². The SMILES string of the molecule is O=C(Cc1ccc(Cl)cc1Br)N1CCOCC1. The molecule has 2 rings (SSSR count). The van der Waals surface area contributed by atoms with Crippen LogP contribution in [-0.4, -0.2) is 37.1 Å². The van der Waals surface area contributed by atoms with Gasteiger partial charge < -0.3 is 9.64 Å². The first-order valence-electron chi connectivity index (χ1n) is 5.46. The van der Waals surface area contributed by atoms with E-state index in [1.807, 2.05) is 17.0 Å². The number of hydrogen-bond acceptors (Lipinski definition) is 2. The van der Waals surface area contributed by atoms with Crippen LogP contribution in [0.5, 0.6) is 0 Å². The number of nitrogens with zero attached hydrogens (tertiary/aromatic N) is 1. The average molecular weight is 319 g/mol. The van der Waals surface area contributed by atoms with Crippen LogP contribution in [0.2, 0.25) is 5.02 Å². The zero-order valence-corrected chi connectivity index (χ0v) is 11.6. The average Bonchev–Trinajstić information content (AvgIpc) is 2.34. The third-order valence-corrected chi connectivity index (χ3v) is 3.69. The molecule has 1 aliphatic rings. The normalized spacial score (nSPS) is 16.0. The van der Waals surface area contributed by atoms with Crippen LogP contribution in [0, 0.1) is 0 Å². The standard InChI is InChI=1S/C12H13BrClNO2/c13-11-8-10(14)2-1-9(11)7-12(16)15-3-5-17-6-4-15/h1-2,8H,3-7H2. The van der Waals surface area contributed by atoms with Gasteiger partial charge in [-0.15, -0.1) is 0 Å². The second-order valence-electron chi connectivity index (χ2n) is 3.91. The Morgan fingerprint density at radius 1 is 1.41 bits per heavy atom. The van der Waals surface area contributed by atoms with E-state index in [-0.39, 0.29) is 5.91 Å². The van der Waals surface area contributed by atoms with E-state index in [1.54, 1.807) is 6.07 Å². The maximum absolute atomic E-state index is 12.0. The van der Waals surface area contributed by atoms with E-state index in [4.69, 9.17) is 16.3 Å². The molecule has 1 aromatic carbocycles. The molecule has 0 aliphatic carbocycles. The number of carbonyl (C=O) groups excluding carboxylic acids is 1. The zero-order chi connectivity index (χ0) is 12.3. The van der Waals surface area contributed by atoms with Crippen LogP contribution < -0.4 is 0 Å². The molecule has 1 amide bonds. The molecule has 1 heterocycles. The maximum Gasteiger partial charge on any atom is 0.227 e. The van der Waals surface area contributed by atoms with Crippen molar-refractivity contribution in [3.05, 3.63) is 33.3 Å². The molecule has 1 saturated heterocycles. The monoisotopic (exact) mass is 317 g/mol. The van der Waals surface area contributed by atoms with Gasteiger partial charge in [0.25, 0.3) is 0 Å². The molecule has 0 N–H and O–H groups in total. The van der Waals surface area contributed by atoms with Crippen LogP contribution in [0.1, 0.15) is 5.56 Å². The van der Waals surface area contributed by atoms with Crippen molar-refractivity contribution in [1.29, 1.82) is 0 Å². The van der Waals surface area contributed by atoms with Crippen LogP contribution in [0.4, 0.5) is 0 Å². The quantitative estimate of drug-likeness (QED) is 0.838. The predicted octanol–water partition coefficient (Wildman–Crippen LogP) is 2.50. The molecule has 3 nitrogen and oxygen atoms in total. The van der Waals surface area contributed by atoms with Crippen molar-refractivity contribution in [3.63, 3.8) is 0 Å². The number of benzene rings is 1. The summed E-state index contributed by atoms with van der Waals surface area (Å²) in [5.41, 5.74) is 0.964. The summed E-state index contributed by atoms with van der Waals surface area (Å²) in [6, 6.07) is 5.49. The Labute approximate surface area is 114 Å². The van der Waals surface area contributed by atoms with E-state index in [1.165, 1.54) is 0 Å². The Morgan fingerprint density at radius 2 is 2.12 bits per heavy atom. The highest BCUT2D eigenvalue weighted by molar-refractivity contribution is 9.10. The van der Waals surface area contributed by atoms with E-state index in [2.05, 4.69) is 15.9 Å². The number of rotatable bonds is 2. The van der Waals surface area contributed by atoms with Gasteiger partial charge in [-0.1, -0.05) is 33.6 Å². The number of halogens is 2. The summed E-state index contributed by atoms with van der Waals surface area (Å²) in [5.74, 6) is 0.135. The van der Waals surface area contributed by atoms with E-state index >= 15 is 0 Å². The minimum Gasteiger partial charge on any atom is -0.378 e. The van der Waals surface area contributed by atoms with E-state index < -0.39 is 0 Å². The molecule has 1 aliphatic heterocycles. The lowest BCUT2D eigenvalue weighted by molar-refractivity contribution is -0.134. The van der Waals surface area contributed by atoms with Gasteiger partial charge in [-0.2, -0.15) is 0 Å². The molecular formula is C12H13BrClNO2. The van der Waals surface area contributed by atoms with Crippen molar-refractivity contribution in [2.24, 2.45) is 0 Å². The van der Waals surface area contributed by atoms with Crippen LogP contribution in [0.3, 0.4) is 0 Å². The highest BCUT2D eigenvalue weighted by Gasteiger charge is 2.17. The number of carbonyl (C=O) groups is 1. The molecule has 1 fully saturated rings. The molecule has 0 unspecified atom stereocenters. The summed E-state index contributed by atoms with van der Waals surface area (Å²) < 4.78 is 6.10. The second-order valence-corrected chi connectivity index (χ2v) is 5.20. The van der Waals surface area contributed by atoms with Gasteiger partial charge in [-0.05, 0) is 17.7 Å². The Kier molecular flexibility index (Phi) is 4.42. The molecule has 1 aromatic rings. The van der Waals surface area contributed by atoms with Crippen molar-refractivity contribution in [2.75, 3.05) is 26.3 Å². The van der Waals surface area contributed by atoms with Crippen molar-refractivity contribution < 1.29 is 9.53 Å². The Bertz CT molecular complexity index is 419. The van der Waals surface area contributed by atoms with Crippen molar-refractivity contribution in [1.82, 2.24) is 4.90 Å². The molecule has 0 saturated carbocycles. The summed E-state index contributed by atoms with van der Waals surface area (Å²) in [7, 11) is 0. The van der Waals surface area contributed by atoms with Gasteiger partial charge in [0.15, 0.2) is 0 Å². The lowest BCUT2D eigenvalue weighted by atomic mass is 10.1. The predicted molar refractivity (Wildman–Crippen MR) is 70.3 cm³/mol. The number of morpholine rings is 1. The highest BCUT2D eigenvalue weighted by Crippen LogP contribution is 2.22. The largest absolute Gasteiger partial charge is 0.378 e. The van der Waals surface area contributed by atoms with E-state index in [9.17, 15) is 4.79 Å². The smallest absolute Gasteiger partial charge is 0.227 e. The van der Waals surface area contributed by atoms with Crippen molar-refractivity contribution in [2.45, 2.75) is 6.42 Å². The maximum atomic E-state index is 12.0. The topological polar surface area (TPSA) is 29.5 Å². The lowest BCUT2D eigenvalue weighted by Gasteiger charge is -2.27. The molecule has 0 radical (unpaired) electrons. The summed E-state index contributed by atoms with van der Waals surface area (Å²) in [6.07, 6.45) is 0.401. The van der Waals surface area contributed by atoms with Gasteiger partial charge in [-0.3, -0.25) is 4.79 Å². The molecule has 0 bridgehead atoms. The van der Waals surface area contributed by atoms with Crippen molar-refractivity contribution in [3.8, 4) is 0 Å². The first-order valence-corrected chi connectivity index (χ1v) is 6.63. The molecule has 5 heteroatoms. The summed E-state index contributed by atoms with van der Waals surface area (Å²) >= 11 is 9.28. The molecule has 0 aromatic heterocycles. The minimum absolute atomic E-state index is 0.135. The first kappa shape index (κ1) is 12.9. The Morgan fingerprint density at radius 3 is 2.76 bits per heavy atom. The summed E-state index contributed by atoms with van der Waals surface area (Å²) in [6.45, 7) is 2.63. The third-order valence-electron chi connectivity index (χ3n) is 2.72. The van der Waals surface area contributed by atoms with Gasteiger partial charge in [0.1, 0.15) is 0 Å². The minimum atomic E-state index is 0.135. The summed E-state index contributed by atoms with van der Waals surface area (Å²) in [5, 5.41) is 0.666. The van der Waals surface area contributed by atoms with Crippen LogP contribution in [0.25, 0.3) is 0 Å². The number of hydrogen-bond donors (Lipinski definition) is 0. The zero-order valence-electron chi connectivity index (χ0n) is 9.29. The third kappa shape index (κ3) is 3.44. The fraction of sp³-hybridized carbons (Fsp3) is 0.417. The fourth-order valence-electron chi connectivity index (χ4n) is 1.75. The van der Waals surface area contributed by atoms with Gasteiger partial charge in [0.05, 0.1) is 19.6 Å². The van der Waals surface area contributed by atoms with Crippen molar-refractivity contribution >= 4 is 33.4 Å². The summed E-state index contributed by atoms with van der Waals surface area (Å²) in [4.78, 5) is 13.9. The lowest BCUT2D eigenvalue weighted by Crippen LogP contribution is -2.41. The first-order chi connectivity index (χ1) is 8.16. The van der Waals surface area contributed by atoms with Crippen LogP contribution in [-0.2, 0) is 16.0 Å². The molecule has 92 valence electrons. The van der Waals surface area contributed by atoms with Crippen LogP contribution in [0.15, 0.2) is 22.7 Å².